The second-order valence-corrected chi connectivity index (χ2v) is 7.99. The molecule has 0 aliphatic carbocycles. The molecule has 3 rings (SSSR count). The summed E-state index contributed by atoms with van der Waals surface area (Å²) in [5.41, 5.74) is 0.904. The van der Waals surface area contributed by atoms with Crippen LogP contribution in [0.1, 0.15) is 39.1 Å². The molecule has 0 bridgehead atoms. The summed E-state index contributed by atoms with van der Waals surface area (Å²) >= 11 is 1.42. The fraction of sp³-hybridized carbons (Fsp3) is 0.333. The summed E-state index contributed by atoms with van der Waals surface area (Å²) in [4.78, 5) is 31.4. The summed E-state index contributed by atoms with van der Waals surface area (Å²) in [6.45, 7) is 7.98. The van der Waals surface area contributed by atoms with E-state index >= 15 is 0 Å². The summed E-state index contributed by atoms with van der Waals surface area (Å²) in [7, 11) is 0. The van der Waals surface area contributed by atoms with Crippen molar-refractivity contribution in [3.63, 3.8) is 0 Å². The lowest BCUT2D eigenvalue weighted by Crippen LogP contribution is -2.22. The van der Waals surface area contributed by atoms with E-state index in [9.17, 15) is 9.59 Å². The highest BCUT2D eigenvalue weighted by atomic mass is 32.1. The highest BCUT2D eigenvalue weighted by Gasteiger charge is 2.22. The van der Waals surface area contributed by atoms with Crippen LogP contribution in [-0.2, 0) is 11.8 Å². The van der Waals surface area contributed by atoms with Crippen LogP contribution in [0.2, 0.25) is 0 Å². The highest BCUT2D eigenvalue weighted by Crippen LogP contribution is 2.25. The van der Waals surface area contributed by atoms with Gasteiger partial charge in [0.25, 0.3) is 5.56 Å². The number of anilines is 2. The predicted octanol–water partition coefficient (Wildman–Crippen LogP) is 3.52. The largest absolute Gasteiger partial charge is 0.325 e. The van der Waals surface area contributed by atoms with Gasteiger partial charge in [-0.25, -0.2) is 9.78 Å². The third-order valence-electron chi connectivity index (χ3n) is 3.82. The van der Waals surface area contributed by atoms with Crippen molar-refractivity contribution in [1.82, 2.24) is 19.7 Å². The number of nitrogens with one attached hydrogen (secondary N) is 3. The molecule has 0 saturated carbocycles. The number of carbonyl (C=O) groups excluding carboxylic acids is 1. The van der Waals surface area contributed by atoms with Gasteiger partial charge in [0, 0.05) is 23.2 Å². The van der Waals surface area contributed by atoms with Crippen LogP contribution in [0, 0.1) is 0 Å². The van der Waals surface area contributed by atoms with Crippen LogP contribution in [0.25, 0.3) is 5.95 Å². The number of hydrogen-bond acceptors (Lipinski definition) is 5. The summed E-state index contributed by atoms with van der Waals surface area (Å²) in [5, 5.41) is 12.7. The number of urea groups is 1. The first-order chi connectivity index (χ1) is 12.8. The molecule has 0 aromatic carbocycles. The molecule has 8 nitrogen and oxygen atoms in total. The molecule has 3 aromatic rings. The van der Waals surface area contributed by atoms with Crippen molar-refractivity contribution in [2.75, 3.05) is 10.6 Å². The minimum Gasteiger partial charge on any atom is -0.299 e. The molecule has 0 saturated heterocycles. The third-order valence-corrected chi connectivity index (χ3v) is 4.61. The molecule has 3 N–H and O–H groups in total. The Balaban J connectivity index is 1.99. The number of nitrogens with zero attached hydrogens (tertiary/aromatic N) is 3. The van der Waals surface area contributed by atoms with Crippen molar-refractivity contribution in [3.8, 4) is 5.95 Å². The Kier molecular flexibility index (Phi) is 5.13. The first-order valence-electron chi connectivity index (χ1n) is 8.59. The minimum absolute atomic E-state index is 0.241. The topological polar surface area (TPSA) is 105 Å². The van der Waals surface area contributed by atoms with Gasteiger partial charge in [-0.3, -0.25) is 20.4 Å². The van der Waals surface area contributed by atoms with E-state index in [2.05, 4.69) is 25.7 Å². The zero-order valence-corrected chi connectivity index (χ0v) is 16.5. The summed E-state index contributed by atoms with van der Waals surface area (Å²) in [6.07, 6.45) is 0.617. The van der Waals surface area contributed by atoms with Gasteiger partial charge in [-0.1, -0.05) is 27.7 Å². The quantitative estimate of drug-likeness (QED) is 0.638. The molecule has 2 amide bonds. The van der Waals surface area contributed by atoms with Gasteiger partial charge < -0.3 is 0 Å². The Bertz CT molecular complexity index is 998. The lowest BCUT2D eigenvalue weighted by atomic mass is 9.92. The van der Waals surface area contributed by atoms with E-state index in [1.54, 1.807) is 6.07 Å². The standard InChI is InChI=1S/C18H22N6O2S/c1-5-11-9-14(25)21-16(19-11)24-13(10-12(23-24)18(2,3)4)20-17(26)22-15-7-6-8-27-15/h6-10H,5H2,1-4H3,(H,19,21,25)(H2,20,22,26). The average Bonchev–Trinajstić information content (AvgIpc) is 3.23. The van der Waals surface area contributed by atoms with Gasteiger partial charge in [0.15, 0.2) is 0 Å². The number of rotatable bonds is 4. The third kappa shape index (κ3) is 4.43. The Morgan fingerprint density at radius 1 is 1.30 bits per heavy atom. The monoisotopic (exact) mass is 386 g/mol. The van der Waals surface area contributed by atoms with E-state index in [1.807, 2.05) is 45.2 Å². The van der Waals surface area contributed by atoms with E-state index in [0.717, 1.165) is 10.7 Å². The van der Waals surface area contributed by atoms with E-state index in [0.29, 0.717) is 17.9 Å². The second kappa shape index (κ2) is 7.36. The second-order valence-electron chi connectivity index (χ2n) is 7.05. The number of carbonyl (C=O) groups is 1. The molecule has 27 heavy (non-hydrogen) atoms. The number of aromatic amines is 1. The summed E-state index contributed by atoms with van der Waals surface area (Å²) < 4.78 is 1.45. The van der Waals surface area contributed by atoms with Crippen molar-refractivity contribution in [2.45, 2.75) is 39.5 Å². The molecule has 0 atom stereocenters. The molecule has 0 radical (unpaired) electrons. The van der Waals surface area contributed by atoms with Crippen molar-refractivity contribution in [2.24, 2.45) is 0 Å². The maximum atomic E-state index is 12.4. The number of hydrogen-bond donors (Lipinski definition) is 3. The van der Waals surface area contributed by atoms with E-state index in [4.69, 9.17) is 0 Å². The predicted molar refractivity (Wildman–Crippen MR) is 107 cm³/mol. The van der Waals surface area contributed by atoms with E-state index < -0.39 is 6.03 Å². The van der Waals surface area contributed by atoms with Gasteiger partial charge in [-0.15, -0.1) is 11.3 Å². The van der Waals surface area contributed by atoms with Gasteiger partial charge in [-0.05, 0) is 23.9 Å². The Morgan fingerprint density at radius 3 is 2.70 bits per heavy atom. The van der Waals surface area contributed by atoms with Crippen molar-refractivity contribution < 1.29 is 4.79 Å². The van der Waals surface area contributed by atoms with Crippen LogP contribution in [0.4, 0.5) is 15.6 Å². The van der Waals surface area contributed by atoms with Crippen LogP contribution < -0.4 is 16.2 Å². The van der Waals surface area contributed by atoms with Gasteiger partial charge in [0.05, 0.1) is 10.7 Å². The smallest absolute Gasteiger partial charge is 0.299 e. The molecule has 3 aromatic heterocycles. The fourth-order valence-electron chi connectivity index (χ4n) is 2.38. The SMILES string of the molecule is CCc1cc(=O)[nH]c(-n2nc(C(C)(C)C)cc2NC(=O)Nc2cccs2)n1. The molecular formula is C18H22N6O2S. The number of aryl methyl sites for hydroxylation is 1. The molecule has 0 aliphatic heterocycles. The van der Waals surface area contributed by atoms with E-state index in [-0.39, 0.29) is 16.9 Å². The van der Waals surface area contributed by atoms with Gasteiger partial charge in [0.2, 0.25) is 5.95 Å². The Hall–Kier alpha value is -2.94. The molecule has 3 heterocycles. The van der Waals surface area contributed by atoms with Crippen LogP contribution in [0.15, 0.2) is 34.4 Å². The average molecular weight is 386 g/mol. The molecule has 0 unspecified atom stereocenters. The lowest BCUT2D eigenvalue weighted by molar-refractivity contribution is 0.262. The normalized spacial score (nSPS) is 11.4. The Labute approximate surface area is 160 Å². The van der Waals surface area contributed by atoms with Gasteiger partial charge >= 0.3 is 6.03 Å². The molecule has 142 valence electrons. The number of amides is 2. The zero-order valence-electron chi connectivity index (χ0n) is 15.7. The van der Waals surface area contributed by atoms with E-state index in [1.165, 1.54) is 22.1 Å². The zero-order chi connectivity index (χ0) is 19.6. The van der Waals surface area contributed by atoms with Crippen LogP contribution >= 0.6 is 11.3 Å². The molecule has 0 spiro atoms. The van der Waals surface area contributed by atoms with Crippen molar-refractivity contribution in [1.29, 1.82) is 0 Å². The number of thiophene rings is 1. The van der Waals surface area contributed by atoms with Crippen LogP contribution in [-0.4, -0.2) is 25.8 Å². The fourth-order valence-corrected chi connectivity index (χ4v) is 3.00. The van der Waals surface area contributed by atoms with Gasteiger partial charge in [0.1, 0.15) is 5.82 Å². The highest BCUT2D eigenvalue weighted by molar-refractivity contribution is 7.14. The van der Waals surface area contributed by atoms with Crippen LogP contribution in [0.5, 0.6) is 0 Å². The van der Waals surface area contributed by atoms with Crippen molar-refractivity contribution in [3.05, 3.63) is 51.4 Å². The molecule has 9 heteroatoms. The van der Waals surface area contributed by atoms with Crippen LogP contribution in [0.3, 0.4) is 0 Å². The maximum Gasteiger partial charge on any atom is 0.325 e. The summed E-state index contributed by atoms with van der Waals surface area (Å²) in [6, 6.07) is 6.51. The number of aromatic nitrogens is 4. The maximum absolute atomic E-state index is 12.4. The Morgan fingerprint density at radius 2 is 2.07 bits per heavy atom. The first kappa shape index (κ1) is 18.8. The van der Waals surface area contributed by atoms with Gasteiger partial charge in [-0.2, -0.15) is 9.78 Å². The van der Waals surface area contributed by atoms with Crippen molar-refractivity contribution >= 4 is 28.2 Å². The minimum atomic E-state index is -0.395. The molecule has 0 aliphatic rings. The number of H-pyrrole nitrogens is 1. The molecule has 0 fully saturated rings. The molecular weight excluding hydrogens is 364 g/mol. The summed E-state index contributed by atoms with van der Waals surface area (Å²) in [5.74, 6) is 0.687. The lowest BCUT2D eigenvalue weighted by Gasteiger charge is -2.13. The first-order valence-corrected chi connectivity index (χ1v) is 9.47.